The van der Waals surface area contributed by atoms with E-state index in [1.54, 1.807) is 4.90 Å². The molecule has 68 valence electrons. The van der Waals surface area contributed by atoms with E-state index in [0.29, 0.717) is 19.8 Å². The van der Waals surface area contributed by atoms with Gasteiger partial charge in [-0.2, -0.15) is 0 Å². The normalized spacial score (nSPS) is 34.8. The van der Waals surface area contributed by atoms with Gasteiger partial charge in [0.1, 0.15) is 12.7 Å². The highest BCUT2D eigenvalue weighted by Gasteiger charge is 2.41. The summed E-state index contributed by atoms with van der Waals surface area (Å²) in [5.74, 6) is 0. The van der Waals surface area contributed by atoms with Gasteiger partial charge < -0.3 is 14.6 Å². The number of amides is 1. The highest BCUT2D eigenvalue weighted by Crippen LogP contribution is 2.20. The van der Waals surface area contributed by atoms with Gasteiger partial charge in [0, 0.05) is 6.54 Å². The SMILES string of the molecule is O=C1OC[C@H]2[C@H](CO)OCCN12. The highest BCUT2D eigenvalue weighted by molar-refractivity contribution is 5.70. The average molecular weight is 173 g/mol. The molecule has 0 unspecified atom stereocenters. The third-order valence-electron chi connectivity index (χ3n) is 2.29. The smallest absolute Gasteiger partial charge is 0.410 e. The Balaban J connectivity index is 2.09. The number of hydrogen-bond donors (Lipinski definition) is 1. The molecular weight excluding hydrogens is 162 g/mol. The van der Waals surface area contributed by atoms with Crippen molar-refractivity contribution in [2.75, 3.05) is 26.4 Å². The number of ether oxygens (including phenoxy) is 2. The van der Waals surface area contributed by atoms with Gasteiger partial charge in [-0.05, 0) is 0 Å². The van der Waals surface area contributed by atoms with E-state index in [2.05, 4.69) is 0 Å². The first-order valence-corrected chi connectivity index (χ1v) is 3.99. The van der Waals surface area contributed by atoms with Gasteiger partial charge >= 0.3 is 6.09 Å². The monoisotopic (exact) mass is 173 g/mol. The van der Waals surface area contributed by atoms with Gasteiger partial charge in [0.15, 0.2) is 0 Å². The highest BCUT2D eigenvalue weighted by atomic mass is 16.6. The Morgan fingerprint density at radius 2 is 2.50 bits per heavy atom. The van der Waals surface area contributed by atoms with Crippen molar-refractivity contribution in [3.05, 3.63) is 0 Å². The van der Waals surface area contributed by atoms with Crippen LogP contribution in [0.3, 0.4) is 0 Å². The second-order valence-corrected chi connectivity index (χ2v) is 2.93. The van der Waals surface area contributed by atoms with E-state index in [-0.39, 0.29) is 24.8 Å². The minimum atomic E-state index is -0.290. The van der Waals surface area contributed by atoms with Crippen molar-refractivity contribution >= 4 is 6.09 Å². The van der Waals surface area contributed by atoms with Crippen molar-refractivity contribution in [2.24, 2.45) is 0 Å². The zero-order chi connectivity index (χ0) is 8.55. The summed E-state index contributed by atoms with van der Waals surface area (Å²) in [7, 11) is 0. The maximum Gasteiger partial charge on any atom is 0.410 e. The van der Waals surface area contributed by atoms with Crippen LogP contribution in [-0.2, 0) is 9.47 Å². The molecule has 5 nitrogen and oxygen atoms in total. The van der Waals surface area contributed by atoms with Crippen LogP contribution in [0.15, 0.2) is 0 Å². The van der Waals surface area contributed by atoms with E-state index in [1.807, 2.05) is 0 Å². The quantitative estimate of drug-likeness (QED) is 0.564. The summed E-state index contributed by atoms with van der Waals surface area (Å²) in [6, 6.07) is -0.0868. The molecular formula is C7H11NO4. The molecule has 0 aromatic rings. The predicted octanol–water partition coefficient (Wildman–Crippen LogP) is -0.802. The predicted molar refractivity (Wildman–Crippen MR) is 38.7 cm³/mol. The van der Waals surface area contributed by atoms with Crippen LogP contribution in [-0.4, -0.2) is 54.6 Å². The third-order valence-corrected chi connectivity index (χ3v) is 2.29. The van der Waals surface area contributed by atoms with Crippen molar-refractivity contribution in [1.29, 1.82) is 0 Å². The number of aliphatic hydroxyl groups excluding tert-OH is 1. The molecule has 1 N–H and O–H groups in total. The molecule has 0 aliphatic carbocycles. The molecule has 2 aliphatic rings. The van der Waals surface area contributed by atoms with Gasteiger partial charge in [0.05, 0.1) is 19.3 Å². The van der Waals surface area contributed by atoms with Crippen LogP contribution in [0.2, 0.25) is 0 Å². The molecule has 0 radical (unpaired) electrons. The van der Waals surface area contributed by atoms with Crippen LogP contribution in [0, 0.1) is 0 Å². The molecule has 0 aromatic carbocycles. The fourth-order valence-corrected chi connectivity index (χ4v) is 1.62. The molecule has 1 amide bonds. The molecule has 2 rings (SSSR count). The van der Waals surface area contributed by atoms with Crippen molar-refractivity contribution in [3.8, 4) is 0 Å². The second-order valence-electron chi connectivity index (χ2n) is 2.93. The minimum absolute atomic E-state index is 0.0577. The summed E-state index contributed by atoms with van der Waals surface area (Å²) in [5.41, 5.74) is 0. The van der Waals surface area contributed by atoms with Gasteiger partial charge in [-0.3, -0.25) is 4.90 Å². The topological polar surface area (TPSA) is 59.0 Å². The number of carbonyl (C=O) groups excluding carboxylic acids is 1. The minimum Gasteiger partial charge on any atom is -0.447 e. The average Bonchev–Trinajstić information content (AvgIpc) is 2.48. The molecule has 12 heavy (non-hydrogen) atoms. The Bertz CT molecular complexity index is 196. The van der Waals surface area contributed by atoms with Crippen LogP contribution in [0.5, 0.6) is 0 Å². The third kappa shape index (κ3) is 1.05. The molecule has 0 spiro atoms. The van der Waals surface area contributed by atoms with Crippen LogP contribution >= 0.6 is 0 Å². The fraction of sp³-hybridized carbons (Fsp3) is 0.857. The Morgan fingerprint density at radius 1 is 1.67 bits per heavy atom. The molecule has 2 atom stereocenters. The zero-order valence-electron chi connectivity index (χ0n) is 6.60. The first-order valence-electron chi connectivity index (χ1n) is 3.99. The lowest BCUT2D eigenvalue weighted by atomic mass is 10.1. The number of hydrogen-bond acceptors (Lipinski definition) is 4. The second kappa shape index (κ2) is 2.91. The molecule has 2 saturated heterocycles. The lowest BCUT2D eigenvalue weighted by Crippen LogP contribution is -2.51. The van der Waals surface area contributed by atoms with Crippen LogP contribution in [0.25, 0.3) is 0 Å². The van der Waals surface area contributed by atoms with Crippen molar-refractivity contribution in [1.82, 2.24) is 4.90 Å². The first kappa shape index (κ1) is 7.82. The van der Waals surface area contributed by atoms with E-state index in [1.165, 1.54) is 0 Å². The molecule has 2 heterocycles. The summed E-state index contributed by atoms with van der Waals surface area (Å²) in [6.07, 6.45) is -0.563. The maximum atomic E-state index is 11.0. The number of rotatable bonds is 1. The summed E-state index contributed by atoms with van der Waals surface area (Å²) in [6.45, 7) is 1.33. The number of nitrogens with zero attached hydrogens (tertiary/aromatic N) is 1. The standard InChI is InChI=1S/C7H11NO4/c9-3-6-5-4-12-7(10)8(5)1-2-11-6/h5-6,9H,1-4H2/t5-,6-/m0/s1. The van der Waals surface area contributed by atoms with Crippen molar-refractivity contribution in [3.63, 3.8) is 0 Å². The number of carbonyl (C=O) groups is 1. The molecule has 0 aromatic heterocycles. The number of aliphatic hydroxyl groups is 1. The van der Waals surface area contributed by atoms with Crippen molar-refractivity contribution < 1.29 is 19.4 Å². The molecule has 2 fully saturated rings. The summed E-state index contributed by atoms with van der Waals surface area (Å²) in [4.78, 5) is 12.7. The molecule has 5 heteroatoms. The van der Waals surface area contributed by atoms with Gasteiger partial charge in [0.25, 0.3) is 0 Å². The lowest BCUT2D eigenvalue weighted by Gasteiger charge is -2.32. The Labute approximate surface area is 69.9 Å². The summed E-state index contributed by atoms with van der Waals surface area (Å²) >= 11 is 0. The largest absolute Gasteiger partial charge is 0.447 e. The molecule has 0 bridgehead atoms. The van der Waals surface area contributed by atoms with Gasteiger partial charge in [0.2, 0.25) is 0 Å². The van der Waals surface area contributed by atoms with Crippen LogP contribution in [0.4, 0.5) is 4.79 Å². The molecule has 2 aliphatic heterocycles. The van der Waals surface area contributed by atoms with Crippen LogP contribution < -0.4 is 0 Å². The lowest BCUT2D eigenvalue weighted by molar-refractivity contribution is -0.0653. The molecule has 0 saturated carbocycles. The maximum absolute atomic E-state index is 11.0. The van der Waals surface area contributed by atoms with E-state index < -0.39 is 0 Å². The number of morpholine rings is 1. The number of fused-ring (bicyclic) bond motifs is 1. The number of cyclic esters (lactones) is 1. The van der Waals surface area contributed by atoms with Gasteiger partial charge in [-0.1, -0.05) is 0 Å². The Morgan fingerprint density at radius 3 is 3.25 bits per heavy atom. The van der Waals surface area contributed by atoms with Gasteiger partial charge in [-0.15, -0.1) is 0 Å². The zero-order valence-corrected chi connectivity index (χ0v) is 6.60. The van der Waals surface area contributed by atoms with Crippen molar-refractivity contribution in [2.45, 2.75) is 12.1 Å². The van der Waals surface area contributed by atoms with E-state index in [9.17, 15) is 4.79 Å². The van der Waals surface area contributed by atoms with Crippen LogP contribution in [0.1, 0.15) is 0 Å². The Hall–Kier alpha value is -0.810. The van der Waals surface area contributed by atoms with Gasteiger partial charge in [-0.25, -0.2) is 4.79 Å². The fourth-order valence-electron chi connectivity index (χ4n) is 1.62. The Kier molecular flexibility index (Phi) is 1.90. The summed E-state index contributed by atoms with van der Waals surface area (Å²) < 4.78 is 10.1. The van der Waals surface area contributed by atoms with E-state index in [0.717, 1.165) is 0 Å². The summed E-state index contributed by atoms with van der Waals surface area (Å²) in [5, 5.41) is 8.91. The first-order chi connectivity index (χ1) is 5.83. The van der Waals surface area contributed by atoms with E-state index in [4.69, 9.17) is 14.6 Å². The van der Waals surface area contributed by atoms with E-state index >= 15 is 0 Å².